The van der Waals surface area contributed by atoms with E-state index in [0.717, 1.165) is 85.0 Å². The van der Waals surface area contributed by atoms with Crippen LogP contribution in [0.2, 0.25) is 0 Å². The molecule has 0 aromatic rings. The molecule has 6 atom stereocenters. The van der Waals surface area contributed by atoms with Crippen molar-refractivity contribution in [1.29, 1.82) is 0 Å². The molecule has 0 aromatic carbocycles. The first kappa shape index (κ1) is 64.2. The molecular weight excluding hydrogens is 1070 g/mol. The Bertz CT molecular complexity index is 2240. The van der Waals surface area contributed by atoms with Crippen LogP contribution in [0.4, 0.5) is 0 Å². The molecule has 415 valence electrons. The number of esters is 4. The molecule has 2 N–H and O–H groups in total. The maximum atomic E-state index is 11.5. The molecule has 0 aromatic heterocycles. The zero-order chi connectivity index (χ0) is 50.4. The van der Waals surface area contributed by atoms with Crippen molar-refractivity contribution in [3.8, 4) is 0 Å². The van der Waals surface area contributed by atoms with Gasteiger partial charge < -0.3 is 49.6 Å². The minimum atomic E-state index is -0.352. The fraction of sp³-hybridized carbons (Fsp3) is 0.692. The van der Waals surface area contributed by atoms with Gasteiger partial charge in [0.1, 0.15) is 5.70 Å². The molecule has 0 aliphatic carbocycles. The zero-order valence-corrected chi connectivity index (χ0v) is 47.9. The summed E-state index contributed by atoms with van der Waals surface area (Å²) in [4.78, 5) is 67.7. The van der Waals surface area contributed by atoms with Crippen LogP contribution in [0.1, 0.15) is 108 Å². The van der Waals surface area contributed by atoms with Gasteiger partial charge in [-0.2, -0.15) is 0 Å². The van der Waals surface area contributed by atoms with E-state index in [1.807, 2.05) is 18.6 Å². The average molecular weight is 1160 g/mol. The van der Waals surface area contributed by atoms with Crippen LogP contribution in [0.3, 0.4) is 0 Å². The number of hydrogen-bond donors (Lipinski definition) is 2. The van der Waals surface area contributed by atoms with E-state index in [1.54, 1.807) is 40.7 Å². The van der Waals surface area contributed by atoms with Gasteiger partial charge in [0.15, 0.2) is 40.7 Å². The minimum absolute atomic E-state index is 0. The largest absolute Gasteiger partial charge is 0.662 e. The predicted octanol–water partition coefficient (Wildman–Crippen LogP) is 5.98. The summed E-state index contributed by atoms with van der Waals surface area (Å²) in [7, 11) is 5.60. The molecule has 12 rings (SSSR count). The first-order valence-corrected chi connectivity index (χ1v) is 26.2. The summed E-state index contributed by atoms with van der Waals surface area (Å²) in [6.07, 6.45) is 17.2. The molecule has 23 heteroatoms. The molecule has 8 fully saturated rings. The Hall–Kier alpha value is -3.32. The summed E-state index contributed by atoms with van der Waals surface area (Å²) in [5.74, 6) is 0.407. The van der Waals surface area contributed by atoms with Crippen molar-refractivity contribution in [2.24, 2.45) is 41.6 Å². The number of carbonyl (C=O) groups is 4. The van der Waals surface area contributed by atoms with E-state index in [1.165, 1.54) is 71.1 Å². The quantitative estimate of drug-likeness (QED) is 0.144. The Kier molecular flexibility index (Phi) is 24.0. The normalized spacial score (nSPS) is 32.4. The number of hydrogen-bond acceptors (Lipinski definition) is 19. The van der Waals surface area contributed by atoms with Crippen LogP contribution in [0, 0.1) is 21.7 Å². The standard InChI is InChI=1S/C12H18N3O2P.C12H17N3O2.C12H16N3O2.C7H15N2P.C6H7NO2.3CH4.Y/c1-9-13-10(11(16)17-9)6-14-4-2-12(7-14)3-5-15(18)8-12;2*1-9-14-10(11(16)17-9)6-15-5-3-12(8-15)2-4-13-7-12;10-9-4-2-7(6-9)1-3-8-5-7;1-3-5-6(8)9-4(2)7-5;;;;/h6H,2-5,7-8,18H2,1H3;6,13H,2-5,7-8H2,1H3;6H,2-5,7-8H2,1H3;8H,1-6,10H2;3H,1-2H3;3*1H4;/q;;-1;;;;;;. The summed E-state index contributed by atoms with van der Waals surface area (Å²) in [6, 6.07) is 0. The molecule has 0 saturated carbocycles. The third-order valence-corrected chi connectivity index (χ3v) is 16.2. The number of aliphatic imine (C=N–C) groups is 4. The first-order chi connectivity index (χ1) is 33.9. The smallest absolute Gasteiger partial charge is 0.365 e. The van der Waals surface area contributed by atoms with Gasteiger partial charge in [-0.1, -0.05) is 53.6 Å². The monoisotopic (exact) mass is 1160 g/mol. The van der Waals surface area contributed by atoms with Gasteiger partial charge in [0.2, 0.25) is 0 Å². The Labute approximate surface area is 476 Å². The van der Waals surface area contributed by atoms with Crippen LogP contribution in [-0.4, -0.2) is 176 Å². The predicted molar refractivity (Wildman–Crippen MR) is 298 cm³/mol. The fourth-order valence-electron chi connectivity index (χ4n) is 11.5. The van der Waals surface area contributed by atoms with Gasteiger partial charge >= 0.3 is 23.9 Å². The van der Waals surface area contributed by atoms with E-state index in [4.69, 9.17) is 14.2 Å². The van der Waals surface area contributed by atoms with Crippen LogP contribution in [0.25, 0.3) is 5.32 Å². The Morgan fingerprint density at radius 3 is 1.16 bits per heavy atom. The van der Waals surface area contributed by atoms with E-state index < -0.39 is 0 Å². The van der Waals surface area contributed by atoms with Gasteiger partial charge in [-0.15, -0.1) is 13.1 Å². The SMILES string of the molecule is C.C.C.CC1=NC(=CN2CCC3(CCN(P)C3)C2)C(=O)O1.CC1=NC(=CN2CCC3(CCNC3)C2)C(=O)O1.CC1=NC(=CN2CCC3(CC[N-]C3)C2)C(=O)O1.CC=C1N=C(C)OC1=O.PN1CCC2(CCNC2)C1.[Y]. The van der Waals surface area contributed by atoms with Gasteiger partial charge in [-0.25, -0.2) is 39.1 Å². The first-order valence-electron chi connectivity index (χ1n) is 25.1. The molecule has 75 heavy (non-hydrogen) atoms. The maximum absolute atomic E-state index is 11.5. The second-order valence-corrected chi connectivity index (χ2v) is 22.6. The Morgan fingerprint density at radius 1 is 0.493 bits per heavy atom. The average Bonchev–Trinajstić information content (AvgIpc) is 4.15. The molecule has 12 aliphatic heterocycles. The maximum Gasteiger partial charge on any atom is 0.365 e. The fourth-order valence-corrected chi connectivity index (χ4v) is 12.5. The van der Waals surface area contributed by atoms with Crippen LogP contribution < -0.4 is 10.6 Å². The number of ether oxygens (including phenoxy) is 4. The summed E-state index contributed by atoms with van der Waals surface area (Å²) in [6.45, 7) is 26.0. The zero-order valence-electron chi connectivity index (χ0n) is 42.8. The molecule has 4 spiro atoms. The van der Waals surface area contributed by atoms with E-state index in [0.29, 0.717) is 68.0 Å². The third kappa shape index (κ3) is 16.8. The Morgan fingerprint density at radius 2 is 0.840 bits per heavy atom. The molecule has 20 nitrogen and oxygen atoms in total. The van der Waals surface area contributed by atoms with Gasteiger partial charge in [0, 0.05) is 168 Å². The molecular formula is C52H85N12O8P2Y-. The van der Waals surface area contributed by atoms with Crippen LogP contribution in [0.15, 0.2) is 67.4 Å². The van der Waals surface area contributed by atoms with Gasteiger partial charge in [0.05, 0.1) is 0 Å². The van der Waals surface area contributed by atoms with Gasteiger partial charge in [0.25, 0.3) is 0 Å². The summed E-state index contributed by atoms with van der Waals surface area (Å²) < 4.78 is 24.0. The molecule has 12 heterocycles. The van der Waals surface area contributed by atoms with Crippen molar-refractivity contribution in [2.75, 3.05) is 105 Å². The summed E-state index contributed by atoms with van der Waals surface area (Å²) >= 11 is 0. The third-order valence-electron chi connectivity index (χ3n) is 15.3. The van der Waals surface area contributed by atoms with Crippen LogP contribution in [0.5, 0.6) is 0 Å². The number of allylic oxidation sites excluding steroid dienone is 1. The van der Waals surface area contributed by atoms with Crippen molar-refractivity contribution in [3.05, 3.63) is 52.8 Å². The van der Waals surface area contributed by atoms with E-state index in [9.17, 15) is 19.2 Å². The van der Waals surface area contributed by atoms with Crippen molar-refractivity contribution >= 4 is 66.2 Å². The topological polar surface area (TPSA) is 209 Å². The molecule has 0 bridgehead atoms. The van der Waals surface area contributed by atoms with E-state index >= 15 is 0 Å². The second kappa shape index (κ2) is 28.0. The number of cyclic esters (lactones) is 4. The summed E-state index contributed by atoms with van der Waals surface area (Å²) in [5.41, 5.74) is 3.52. The number of nitrogens with one attached hydrogen (secondary N) is 2. The number of nitrogens with zero attached hydrogens (tertiary/aromatic N) is 10. The van der Waals surface area contributed by atoms with Crippen molar-refractivity contribution in [1.82, 2.24) is 34.7 Å². The van der Waals surface area contributed by atoms with Gasteiger partial charge in [-0.05, 0) is 75.8 Å². The van der Waals surface area contributed by atoms with Gasteiger partial charge in [-0.3, -0.25) is 9.34 Å². The molecule has 1 radical (unpaired) electrons. The van der Waals surface area contributed by atoms with Crippen LogP contribution in [-0.2, 0) is 70.8 Å². The van der Waals surface area contributed by atoms with Crippen LogP contribution >= 0.6 is 18.8 Å². The molecule has 6 unspecified atom stereocenters. The minimum Gasteiger partial charge on any atom is -0.662 e. The number of carbonyl (C=O) groups excluding carboxylic acids is 4. The van der Waals surface area contributed by atoms with E-state index in [-0.39, 0.29) is 78.9 Å². The second-order valence-electron chi connectivity index (χ2n) is 21.1. The molecule has 8 saturated heterocycles. The molecule has 12 aliphatic rings. The van der Waals surface area contributed by atoms with Crippen molar-refractivity contribution in [2.45, 2.75) is 108 Å². The Balaban J connectivity index is 0.000000205. The summed E-state index contributed by atoms with van der Waals surface area (Å²) in [5, 5.41) is 11.3. The number of likely N-dealkylation sites (tertiary alicyclic amines) is 3. The van der Waals surface area contributed by atoms with Crippen molar-refractivity contribution in [3.63, 3.8) is 0 Å². The van der Waals surface area contributed by atoms with E-state index in [2.05, 4.69) is 83.5 Å². The number of rotatable bonds is 3. The van der Waals surface area contributed by atoms with Crippen molar-refractivity contribution < 1.29 is 70.8 Å². The molecule has 0 amide bonds.